The topological polar surface area (TPSA) is 60.5 Å². The second-order valence-electron chi connectivity index (χ2n) is 7.41. The lowest BCUT2D eigenvalue weighted by Crippen LogP contribution is -2.27. The molecule has 1 atom stereocenters. The minimum Gasteiger partial charge on any atom is -0.497 e. The third kappa shape index (κ3) is 2.77. The minimum atomic E-state index is -0.274. The Hall–Kier alpha value is -3.34. The van der Waals surface area contributed by atoms with E-state index in [4.69, 9.17) is 9.47 Å². The molecule has 0 unspecified atom stereocenters. The van der Waals surface area contributed by atoms with Crippen molar-refractivity contribution >= 4 is 27.9 Å². The summed E-state index contributed by atoms with van der Waals surface area (Å²) in [5.41, 5.74) is 5.95. The van der Waals surface area contributed by atoms with Crippen molar-refractivity contribution in [3.8, 4) is 11.5 Å². The van der Waals surface area contributed by atoms with Crippen LogP contribution in [0.5, 0.6) is 11.5 Å². The molecule has 0 radical (unpaired) electrons. The van der Waals surface area contributed by atoms with Gasteiger partial charge in [-0.1, -0.05) is 6.07 Å². The Kier molecular flexibility index (Phi) is 4.23. The van der Waals surface area contributed by atoms with Gasteiger partial charge in [-0.15, -0.1) is 0 Å². The molecule has 5 nitrogen and oxygen atoms in total. The largest absolute Gasteiger partial charge is 0.497 e. The number of pyridine rings is 1. The van der Waals surface area contributed by atoms with Crippen LogP contribution in [0.25, 0.3) is 16.5 Å². The zero-order chi connectivity index (χ0) is 20.0. The number of rotatable bonds is 3. The molecular weight excluding hydrogens is 364 g/mol. The van der Waals surface area contributed by atoms with E-state index < -0.39 is 0 Å². The summed E-state index contributed by atoms with van der Waals surface area (Å²) < 4.78 is 11.1. The molecule has 29 heavy (non-hydrogen) atoms. The maximum absolute atomic E-state index is 13.1. The van der Waals surface area contributed by atoms with Gasteiger partial charge in [-0.25, -0.2) is 0 Å². The van der Waals surface area contributed by atoms with Crippen LogP contribution in [0.15, 0.2) is 54.2 Å². The SMILES string of the molecule is COc1ccc(OC)c([C@@H]2Nc3ccc4ncccc4c3C3=C2C(=O)CCC3)c1. The van der Waals surface area contributed by atoms with E-state index in [1.54, 1.807) is 20.4 Å². The van der Waals surface area contributed by atoms with Crippen molar-refractivity contribution in [2.24, 2.45) is 0 Å². The van der Waals surface area contributed by atoms with Crippen LogP contribution in [0.3, 0.4) is 0 Å². The molecular formula is C24H22N2O3. The van der Waals surface area contributed by atoms with Crippen LogP contribution in [0, 0.1) is 0 Å². The van der Waals surface area contributed by atoms with Crippen LogP contribution >= 0.6 is 0 Å². The smallest absolute Gasteiger partial charge is 0.161 e. The van der Waals surface area contributed by atoms with E-state index in [-0.39, 0.29) is 11.8 Å². The van der Waals surface area contributed by atoms with Crippen molar-refractivity contribution in [2.45, 2.75) is 25.3 Å². The first-order valence-electron chi connectivity index (χ1n) is 9.84. The molecule has 0 bridgehead atoms. The maximum Gasteiger partial charge on any atom is 0.161 e. The Morgan fingerprint density at radius 2 is 1.97 bits per heavy atom. The predicted molar refractivity (Wildman–Crippen MR) is 113 cm³/mol. The molecule has 0 saturated carbocycles. The van der Waals surface area contributed by atoms with Gasteiger partial charge in [0.15, 0.2) is 5.78 Å². The van der Waals surface area contributed by atoms with Crippen molar-refractivity contribution in [2.75, 3.05) is 19.5 Å². The van der Waals surface area contributed by atoms with Crippen molar-refractivity contribution in [1.29, 1.82) is 0 Å². The van der Waals surface area contributed by atoms with Crippen molar-refractivity contribution in [1.82, 2.24) is 4.98 Å². The predicted octanol–water partition coefficient (Wildman–Crippen LogP) is 4.93. The second kappa shape index (κ2) is 6.92. The van der Waals surface area contributed by atoms with Gasteiger partial charge in [0.25, 0.3) is 0 Å². The summed E-state index contributed by atoms with van der Waals surface area (Å²) in [6, 6.07) is 13.6. The van der Waals surface area contributed by atoms with E-state index in [0.29, 0.717) is 6.42 Å². The molecule has 0 spiro atoms. The van der Waals surface area contributed by atoms with Gasteiger partial charge in [-0.05, 0) is 54.8 Å². The van der Waals surface area contributed by atoms with Crippen LogP contribution < -0.4 is 14.8 Å². The first-order chi connectivity index (χ1) is 14.2. The van der Waals surface area contributed by atoms with Crippen molar-refractivity contribution in [3.05, 3.63) is 65.4 Å². The van der Waals surface area contributed by atoms with Crippen LogP contribution in [0.2, 0.25) is 0 Å². The number of benzene rings is 2. The standard InChI is InChI=1S/C24H22N2O3/c1-28-14-8-11-21(29-2)17(13-14)24-23-16(5-3-7-20(23)27)22-15-6-4-12-25-18(15)9-10-19(22)26-24/h4,6,8-13,24,26H,3,5,7H2,1-2H3/t24-/m0/s1. The number of aromatic nitrogens is 1. The van der Waals surface area contributed by atoms with Gasteiger partial charge in [-0.3, -0.25) is 9.78 Å². The lowest BCUT2D eigenvalue weighted by atomic mass is 9.77. The van der Waals surface area contributed by atoms with E-state index >= 15 is 0 Å². The minimum absolute atomic E-state index is 0.195. The number of methoxy groups -OCH3 is 2. The number of nitrogens with one attached hydrogen (secondary N) is 1. The van der Waals surface area contributed by atoms with Gasteiger partial charge in [0.05, 0.1) is 25.8 Å². The Morgan fingerprint density at radius 3 is 2.79 bits per heavy atom. The fraction of sp³-hybridized carbons (Fsp3) is 0.250. The summed E-state index contributed by atoms with van der Waals surface area (Å²) in [6.45, 7) is 0. The highest BCUT2D eigenvalue weighted by molar-refractivity contribution is 6.12. The molecule has 0 fully saturated rings. The van der Waals surface area contributed by atoms with E-state index in [9.17, 15) is 4.79 Å². The first kappa shape index (κ1) is 17.7. The molecule has 146 valence electrons. The molecule has 3 aromatic rings. The van der Waals surface area contributed by atoms with Crippen LogP contribution in [0.4, 0.5) is 5.69 Å². The van der Waals surface area contributed by atoms with Gasteiger partial charge < -0.3 is 14.8 Å². The van der Waals surface area contributed by atoms with E-state index in [0.717, 1.165) is 63.2 Å². The number of anilines is 1. The van der Waals surface area contributed by atoms with E-state index in [2.05, 4.69) is 22.4 Å². The van der Waals surface area contributed by atoms with Gasteiger partial charge in [0.1, 0.15) is 11.5 Å². The summed E-state index contributed by atoms with van der Waals surface area (Å²) >= 11 is 0. The lowest BCUT2D eigenvalue weighted by molar-refractivity contribution is -0.116. The second-order valence-corrected chi connectivity index (χ2v) is 7.41. The molecule has 1 aliphatic heterocycles. The molecule has 0 amide bonds. The number of fused-ring (bicyclic) bond motifs is 4. The first-order valence-corrected chi connectivity index (χ1v) is 9.84. The lowest BCUT2D eigenvalue weighted by Gasteiger charge is -2.35. The Morgan fingerprint density at radius 1 is 1.07 bits per heavy atom. The maximum atomic E-state index is 13.1. The molecule has 2 aromatic carbocycles. The van der Waals surface area contributed by atoms with Crippen LogP contribution in [-0.4, -0.2) is 25.0 Å². The Labute approximate surface area is 169 Å². The highest BCUT2D eigenvalue weighted by Gasteiger charge is 2.36. The van der Waals surface area contributed by atoms with Gasteiger partial charge >= 0.3 is 0 Å². The number of ketones is 1. The Balaban J connectivity index is 1.78. The van der Waals surface area contributed by atoms with Crippen molar-refractivity contribution in [3.63, 3.8) is 0 Å². The molecule has 5 heteroatoms. The highest BCUT2D eigenvalue weighted by Crippen LogP contribution is 2.49. The average Bonchev–Trinajstić information content (AvgIpc) is 2.77. The van der Waals surface area contributed by atoms with E-state index in [1.165, 1.54) is 0 Å². The fourth-order valence-electron chi connectivity index (χ4n) is 4.58. The number of hydrogen-bond donors (Lipinski definition) is 1. The normalized spacial score (nSPS) is 18.1. The number of hydrogen-bond acceptors (Lipinski definition) is 5. The molecule has 2 heterocycles. The highest BCUT2D eigenvalue weighted by atomic mass is 16.5. The number of carbonyl (C=O) groups excluding carboxylic acids is 1. The summed E-state index contributed by atoms with van der Waals surface area (Å²) in [4.78, 5) is 17.6. The average molecular weight is 386 g/mol. The number of ether oxygens (including phenoxy) is 2. The summed E-state index contributed by atoms with van der Waals surface area (Å²) in [6.07, 6.45) is 4.13. The zero-order valence-electron chi connectivity index (χ0n) is 16.5. The monoisotopic (exact) mass is 386 g/mol. The zero-order valence-corrected chi connectivity index (χ0v) is 16.5. The van der Waals surface area contributed by atoms with Crippen molar-refractivity contribution < 1.29 is 14.3 Å². The quantitative estimate of drug-likeness (QED) is 0.692. The third-order valence-electron chi connectivity index (χ3n) is 5.88. The summed E-state index contributed by atoms with van der Waals surface area (Å²) in [7, 11) is 3.30. The van der Waals surface area contributed by atoms with E-state index in [1.807, 2.05) is 30.3 Å². The summed E-state index contributed by atoms with van der Waals surface area (Å²) in [5.74, 6) is 1.67. The summed E-state index contributed by atoms with van der Waals surface area (Å²) in [5, 5.41) is 4.70. The van der Waals surface area contributed by atoms with Gasteiger partial charge in [0, 0.05) is 40.4 Å². The molecule has 1 aliphatic carbocycles. The van der Waals surface area contributed by atoms with Crippen LogP contribution in [0.1, 0.15) is 36.4 Å². The van der Waals surface area contributed by atoms with Crippen LogP contribution in [-0.2, 0) is 4.79 Å². The number of allylic oxidation sites excluding steroid dienone is 1. The molecule has 2 aliphatic rings. The number of nitrogens with zero attached hydrogens (tertiary/aromatic N) is 1. The fourth-order valence-corrected chi connectivity index (χ4v) is 4.58. The molecule has 1 N–H and O–H groups in total. The molecule has 5 rings (SSSR count). The Bertz CT molecular complexity index is 1170. The third-order valence-corrected chi connectivity index (χ3v) is 5.88. The molecule has 0 saturated heterocycles. The number of carbonyl (C=O) groups is 1. The molecule has 1 aromatic heterocycles. The van der Waals surface area contributed by atoms with Gasteiger partial charge in [-0.2, -0.15) is 0 Å². The van der Waals surface area contributed by atoms with Gasteiger partial charge in [0.2, 0.25) is 0 Å². The number of Topliss-reactive ketones (excluding diaryl/α,β-unsaturated/α-hetero) is 1.